The van der Waals surface area contributed by atoms with E-state index < -0.39 is 0 Å². The molecule has 0 fully saturated rings. The van der Waals surface area contributed by atoms with E-state index in [1.165, 1.54) is 28.0 Å². The van der Waals surface area contributed by atoms with E-state index >= 15 is 0 Å². The van der Waals surface area contributed by atoms with Gasteiger partial charge in [0.1, 0.15) is 23.8 Å². The van der Waals surface area contributed by atoms with E-state index in [0.717, 1.165) is 22.6 Å². The number of aryl methyl sites for hydroxylation is 2. The highest BCUT2D eigenvalue weighted by Crippen LogP contribution is 2.45. The zero-order chi connectivity index (χ0) is 19.9. The van der Waals surface area contributed by atoms with E-state index in [-0.39, 0.29) is 5.54 Å². The average Bonchev–Trinajstić information content (AvgIpc) is 3.31. The van der Waals surface area contributed by atoms with Crippen molar-refractivity contribution in [1.29, 1.82) is 0 Å². The highest BCUT2D eigenvalue weighted by atomic mass is 15.2. The Balaban J connectivity index is 1.89. The normalized spacial score (nSPS) is 14.5. The minimum absolute atomic E-state index is 0.263. The first-order valence-electron chi connectivity index (χ1n) is 9.93. The van der Waals surface area contributed by atoms with Gasteiger partial charge in [-0.15, -0.1) is 0 Å². The summed E-state index contributed by atoms with van der Waals surface area (Å²) in [5, 5.41) is 1.22. The van der Waals surface area contributed by atoms with Crippen molar-refractivity contribution in [2.75, 3.05) is 0 Å². The third kappa shape index (κ3) is 1.97. The summed E-state index contributed by atoms with van der Waals surface area (Å²) in [5.74, 6) is 2.15. The maximum Gasteiger partial charge on any atom is 0.290 e. The molecule has 29 heavy (non-hydrogen) atoms. The standard InChI is InChI=1S/C24H22N5/c1-15-10-11-17-20-19(15)23-27(4)12-13-28(23)24(2,3)21(20)29-18(26-17)14-25-22(29)16-8-6-5-7-9-16/h5-14H,1-4H3/q+1. The highest BCUT2D eigenvalue weighted by Gasteiger charge is 2.43. The van der Waals surface area contributed by atoms with Crippen LogP contribution in [0.4, 0.5) is 0 Å². The second kappa shape index (κ2) is 5.32. The largest absolute Gasteiger partial charge is 0.290 e. The molecule has 0 N–H and O–H groups in total. The SMILES string of the molecule is Cc1ccc2nc3cnc(-c4ccccc4)n3c3c2c1-c1n(cc[n+]1C)C3(C)C. The third-order valence-corrected chi connectivity index (χ3v) is 6.27. The van der Waals surface area contributed by atoms with Gasteiger partial charge in [-0.05, 0) is 32.4 Å². The molecule has 0 aliphatic carbocycles. The van der Waals surface area contributed by atoms with Gasteiger partial charge in [0.2, 0.25) is 0 Å². The van der Waals surface area contributed by atoms with Gasteiger partial charge in [-0.3, -0.25) is 4.40 Å². The van der Waals surface area contributed by atoms with Gasteiger partial charge in [0.15, 0.2) is 5.65 Å². The molecule has 6 rings (SSSR count). The summed E-state index contributed by atoms with van der Waals surface area (Å²) in [6.45, 7) is 6.75. The van der Waals surface area contributed by atoms with Crippen LogP contribution in [0, 0.1) is 6.92 Å². The summed E-state index contributed by atoms with van der Waals surface area (Å²) >= 11 is 0. The van der Waals surface area contributed by atoms with Crippen molar-refractivity contribution in [3.63, 3.8) is 0 Å². The van der Waals surface area contributed by atoms with E-state index in [2.05, 4.69) is 90.1 Å². The maximum atomic E-state index is 5.00. The monoisotopic (exact) mass is 380 g/mol. The second-order valence-electron chi connectivity index (χ2n) is 8.42. The third-order valence-electron chi connectivity index (χ3n) is 6.27. The molecule has 0 spiro atoms. The van der Waals surface area contributed by atoms with Crippen LogP contribution in [0.15, 0.2) is 61.1 Å². The summed E-state index contributed by atoms with van der Waals surface area (Å²) in [6, 6.07) is 14.7. The van der Waals surface area contributed by atoms with Crippen molar-refractivity contribution in [1.82, 2.24) is 18.9 Å². The molecular formula is C24H22N5+. The molecule has 5 nitrogen and oxygen atoms in total. The van der Waals surface area contributed by atoms with Gasteiger partial charge in [0, 0.05) is 10.9 Å². The molecule has 142 valence electrons. The van der Waals surface area contributed by atoms with Crippen LogP contribution in [0.25, 0.3) is 39.3 Å². The smallest absolute Gasteiger partial charge is 0.276 e. The Morgan fingerprint density at radius 1 is 1.03 bits per heavy atom. The fourth-order valence-electron chi connectivity index (χ4n) is 4.90. The fraction of sp³-hybridized carbons (Fsp3) is 0.208. The molecule has 1 aliphatic heterocycles. The highest BCUT2D eigenvalue weighted by molar-refractivity contribution is 5.99. The quantitative estimate of drug-likeness (QED) is 0.408. The topological polar surface area (TPSA) is 39.0 Å². The first-order chi connectivity index (χ1) is 14.0. The number of aromatic nitrogens is 5. The zero-order valence-electron chi connectivity index (χ0n) is 17.0. The van der Waals surface area contributed by atoms with Gasteiger partial charge in [0.05, 0.1) is 30.0 Å². The van der Waals surface area contributed by atoms with Crippen molar-refractivity contribution in [2.45, 2.75) is 26.3 Å². The van der Waals surface area contributed by atoms with Gasteiger partial charge < -0.3 is 0 Å². The number of benzene rings is 2. The first-order valence-corrected chi connectivity index (χ1v) is 9.93. The summed E-state index contributed by atoms with van der Waals surface area (Å²) in [7, 11) is 2.11. The van der Waals surface area contributed by atoms with E-state index in [9.17, 15) is 0 Å². The van der Waals surface area contributed by atoms with E-state index in [0.29, 0.717) is 0 Å². The molecule has 0 saturated heterocycles. The molecule has 0 radical (unpaired) electrons. The van der Waals surface area contributed by atoms with E-state index in [1.54, 1.807) is 0 Å². The Hall–Kier alpha value is -3.47. The number of hydrogen-bond donors (Lipinski definition) is 0. The minimum atomic E-state index is -0.263. The summed E-state index contributed by atoms with van der Waals surface area (Å²) in [5.41, 5.74) is 6.48. The van der Waals surface area contributed by atoms with Crippen molar-refractivity contribution in [3.8, 4) is 22.8 Å². The number of hydrogen-bond acceptors (Lipinski definition) is 2. The van der Waals surface area contributed by atoms with Crippen molar-refractivity contribution in [2.24, 2.45) is 7.05 Å². The molecule has 3 aromatic heterocycles. The molecule has 0 saturated carbocycles. The van der Waals surface area contributed by atoms with Crippen LogP contribution < -0.4 is 4.57 Å². The van der Waals surface area contributed by atoms with Crippen LogP contribution in [0.2, 0.25) is 0 Å². The first kappa shape index (κ1) is 16.5. The molecule has 5 heteroatoms. The number of fused-ring (bicyclic) bond motifs is 4. The Kier molecular flexibility index (Phi) is 3.02. The van der Waals surface area contributed by atoms with Crippen LogP contribution in [0.3, 0.4) is 0 Å². The Morgan fingerprint density at radius 3 is 2.62 bits per heavy atom. The average molecular weight is 380 g/mol. The second-order valence-corrected chi connectivity index (χ2v) is 8.42. The van der Waals surface area contributed by atoms with Crippen LogP contribution in [0.5, 0.6) is 0 Å². The molecule has 0 atom stereocenters. The van der Waals surface area contributed by atoms with Gasteiger partial charge in [-0.25, -0.2) is 19.1 Å². The molecule has 1 aliphatic rings. The van der Waals surface area contributed by atoms with Gasteiger partial charge in [0.25, 0.3) is 5.82 Å². The molecule has 2 aromatic carbocycles. The number of imidazole rings is 2. The van der Waals surface area contributed by atoms with Crippen LogP contribution in [-0.2, 0) is 12.6 Å². The fourth-order valence-corrected chi connectivity index (χ4v) is 4.90. The van der Waals surface area contributed by atoms with Crippen molar-refractivity contribution >= 4 is 16.6 Å². The molecular weight excluding hydrogens is 358 g/mol. The number of rotatable bonds is 1. The summed E-state index contributed by atoms with van der Waals surface area (Å²) in [4.78, 5) is 9.79. The Morgan fingerprint density at radius 2 is 1.83 bits per heavy atom. The van der Waals surface area contributed by atoms with Crippen LogP contribution in [-0.4, -0.2) is 18.9 Å². The minimum Gasteiger partial charge on any atom is -0.276 e. The van der Waals surface area contributed by atoms with Crippen molar-refractivity contribution in [3.05, 3.63) is 72.3 Å². The predicted octanol–water partition coefficient (Wildman–Crippen LogP) is 4.25. The maximum absolute atomic E-state index is 5.00. The van der Waals surface area contributed by atoms with Crippen molar-refractivity contribution < 1.29 is 4.57 Å². The van der Waals surface area contributed by atoms with E-state index in [1.807, 2.05) is 12.3 Å². The lowest BCUT2D eigenvalue weighted by Gasteiger charge is -2.31. The van der Waals surface area contributed by atoms with Gasteiger partial charge in [-0.2, -0.15) is 0 Å². The predicted molar refractivity (Wildman–Crippen MR) is 114 cm³/mol. The van der Waals surface area contributed by atoms with Gasteiger partial charge in [-0.1, -0.05) is 36.4 Å². The Labute approximate surface area is 168 Å². The number of nitrogens with zero attached hydrogens (tertiary/aromatic N) is 5. The lowest BCUT2D eigenvalue weighted by Crippen LogP contribution is -2.39. The molecule has 0 unspecified atom stereocenters. The van der Waals surface area contributed by atoms with Crippen LogP contribution in [0.1, 0.15) is 25.1 Å². The summed E-state index contributed by atoms with van der Waals surface area (Å²) < 4.78 is 6.84. The lowest BCUT2D eigenvalue weighted by molar-refractivity contribution is -0.659. The van der Waals surface area contributed by atoms with E-state index in [4.69, 9.17) is 9.97 Å². The van der Waals surface area contributed by atoms with Gasteiger partial charge >= 0.3 is 0 Å². The Bertz CT molecular complexity index is 1440. The molecule has 0 bridgehead atoms. The molecule has 4 heterocycles. The summed E-state index contributed by atoms with van der Waals surface area (Å²) in [6.07, 6.45) is 6.21. The molecule has 0 amide bonds. The van der Waals surface area contributed by atoms with Crippen LogP contribution >= 0.6 is 0 Å². The zero-order valence-corrected chi connectivity index (χ0v) is 17.0. The molecule has 5 aromatic rings. The lowest BCUT2D eigenvalue weighted by atomic mass is 9.87.